The number of unbranched alkanes of at least 4 members (excludes halogenated alkanes) is 23. The molecule has 0 saturated carbocycles. The molecule has 0 radical (unpaired) electrons. The van der Waals surface area contributed by atoms with Crippen LogP contribution in [0.4, 0.5) is 0 Å². The Morgan fingerprint density at radius 2 is 1.00 bits per heavy atom. The Morgan fingerprint density at radius 1 is 0.591 bits per heavy atom. The summed E-state index contributed by atoms with van der Waals surface area (Å²) in [5.41, 5.74) is 0. The molecule has 0 heterocycles. The molecule has 262 valence electrons. The average Bonchev–Trinajstić information content (AvgIpc) is 2.99. The second kappa shape index (κ2) is 33.6. The summed E-state index contributed by atoms with van der Waals surface area (Å²) >= 11 is 0. The van der Waals surface area contributed by atoms with E-state index in [1.807, 2.05) is 0 Å². The number of hydrogen-bond donors (Lipinski definition) is 2. The molecule has 0 aliphatic heterocycles. The average molecular weight is 647 g/mol. The van der Waals surface area contributed by atoms with Crippen molar-refractivity contribution < 1.29 is 33.1 Å². The maximum Gasteiger partial charge on any atom is 0.469 e. The molecular weight excluding hydrogens is 575 g/mol. The van der Waals surface area contributed by atoms with E-state index in [-0.39, 0.29) is 19.2 Å². The second-order valence-corrected chi connectivity index (χ2v) is 13.8. The first-order chi connectivity index (χ1) is 21.4. The normalized spacial score (nSPS) is 12.7. The number of ether oxygens (including phenoxy) is 2. The third-order valence-electron chi connectivity index (χ3n) is 8.07. The van der Waals surface area contributed by atoms with Crippen LogP contribution in [0.1, 0.15) is 187 Å². The van der Waals surface area contributed by atoms with Gasteiger partial charge in [0.05, 0.1) is 13.2 Å². The highest BCUT2D eigenvalue weighted by atomic mass is 31.2. The fraction of sp³-hybridized carbons (Fsp3) is 0.917. The minimum absolute atomic E-state index is 0.0798. The van der Waals surface area contributed by atoms with Crippen LogP contribution in [0.25, 0.3) is 0 Å². The maximum atomic E-state index is 12.3. The van der Waals surface area contributed by atoms with Gasteiger partial charge in [-0.15, -0.1) is 0 Å². The summed E-state index contributed by atoms with van der Waals surface area (Å²) in [7, 11) is -4.64. The van der Waals surface area contributed by atoms with Crippen molar-refractivity contribution in [3.63, 3.8) is 0 Å². The molecule has 7 nitrogen and oxygen atoms in total. The fourth-order valence-electron chi connectivity index (χ4n) is 5.32. The predicted octanol–water partition coefficient (Wildman–Crippen LogP) is 11.2. The Kier molecular flexibility index (Phi) is 33.1. The van der Waals surface area contributed by atoms with Gasteiger partial charge in [0.25, 0.3) is 0 Å². The number of hydrogen-bond acceptors (Lipinski definition) is 5. The number of rotatable bonds is 35. The predicted molar refractivity (Wildman–Crippen MR) is 184 cm³/mol. The van der Waals surface area contributed by atoms with E-state index in [2.05, 4.69) is 30.5 Å². The molecule has 0 aromatic heterocycles. The number of carbonyl (C=O) groups excluding carboxylic acids is 1. The lowest BCUT2D eigenvalue weighted by Gasteiger charge is -2.18. The van der Waals surface area contributed by atoms with E-state index < -0.39 is 13.9 Å². The minimum atomic E-state index is -4.64. The first-order valence-electron chi connectivity index (χ1n) is 18.5. The van der Waals surface area contributed by atoms with Crippen LogP contribution in [0.3, 0.4) is 0 Å². The van der Waals surface area contributed by atoms with E-state index in [0.29, 0.717) is 13.0 Å². The molecule has 0 rings (SSSR count). The molecule has 0 bridgehead atoms. The van der Waals surface area contributed by atoms with Crippen molar-refractivity contribution >= 4 is 13.8 Å². The lowest BCUT2D eigenvalue weighted by molar-refractivity contribution is -0.154. The van der Waals surface area contributed by atoms with Crippen molar-refractivity contribution in [2.24, 2.45) is 0 Å². The Morgan fingerprint density at radius 3 is 1.45 bits per heavy atom. The van der Waals surface area contributed by atoms with Crippen molar-refractivity contribution in [3.8, 4) is 0 Å². The van der Waals surface area contributed by atoms with Gasteiger partial charge in [-0.2, -0.15) is 0 Å². The highest BCUT2D eigenvalue weighted by Crippen LogP contribution is 2.35. The number of allylic oxidation sites excluding steroid dienone is 2. The number of phosphoric acid groups is 1. The third kappa shape index (κ3) is 35.8. The second-order valence-electron chi connectivity index (χ2n) is 12.6. The van der Waals surface area contributed by atoms with E-state index >= 15 is 0 Å². The quantitative estimate of drug-likeness (QED) is 0.0306. The van der Waals surface area contributed by atoms with Crippen LogP contribution >= 0.6 is 7.82 Å². The Hall–Kier alpha value is -0.720. The lowest BCUT2D eigenvalue weighted by Crippen LogP contribution is -2.28. The van der Waals surface area contributed by atoms with Crippen LogP contribution < -0.4 is 0 Å². The monoisotopic (exact) mass is 646 g/mol. The van der Waals surface area contributed by atoms with Gasteiger partial charge < -0.3 is 19.3 Å². The van der Waals surface area contributed by atoms with Crippen molar-refractivity contribution in [2.75, 3.05) is 19.8 Å². The first-order valence-corrected chi connectivity index (χ1v) is 20.0. The van der Waals surface area contributed by atoms with Gasteiger partial charge in [-0.1, -0.05) is 154 Å². The molecule has 0 amide bonds. The molecule has 0 aromatic rings. The van der Waals surface area contributed by atoms with Gasteiger partial charge in [-0.3, -0.25) is 9.32 Å². The van der Waals surface area contributed by atoms with Gasteiger partial charge in [0, 0.05) is 13.0 Å². The molecular formula is C36H71O7P. The van der Waals surface area contributed by atoms with Gasteiger partial charge in [-0.25, -0.2) is 4.57 Å². The lowest BCUT2D eigenvalue weighted by atomic mass is 10.0. The van der Waals surface area contributed by atoms with Gasteiger partial charge in [0.15, 0.2) is 0 Å². The zero-order valence-corrected chi connectivity index (χ0v) is 29.7. The Bertz CT molecular complexity index is 679. The van der Waals surface area contributed by atoms with Crippen LogP contribution in [0, 0.1) is 0 Å². The van der Waals surface area contributed by atoms with E-state index in [4.69, 9.17) is 19.3 Å². The van der Waals surface area contributed by atoms with Crippen LogP contribution in [0.5, 0.6) is 0 Å². The van der Waals surface area contributed by atoms with Gasteiger partial charge in [0.2, 0.25) is 0 Å². The Balaban J connectivity index is 3.83. The molecule has 0 saturated heterocycles. The summed E-state index contributed by atoms with van der Waals surface area (Å²) in [6, 6.07) is 0. The molecule has 2 N–H and O–H groups in total. The molecule has 0 aliphatic rings. The van der Waals surface area contributed by atoms with Crippen molar-refractivity contribution in [2.45, 2.75) is 193 Å². The Labute approximate surface area is 271 Å². The van der Waals surface area contributed by atoms with E-state index in [0.717, 1.165) is 44.9 Å². The summed E-state index contributed by atoms with van der Waals surface area (Å²) in [6.45, 7) is 4.75. The van der Waals surface area contributed by atoms with Crippen molar-refractivity contribution in [1.29, 1.82) is 0 Å². The molecule has 0 aromatic carbocycles. The van der Waals surface area contributed by atoms with Crippen molar-refractivity contribution in [1.82, 2.24) is 0 Å². The maximum absolute atomic E-state index is 12.3. The van der Waals surface area contributed by atoms with Gasteiger partial charge >= 0.3 is 13.8 Å². The molecule has 0 unspecified atom stereocenters. The first kappa shape index (κ1) is 43.3. The highest BCUT2D eigenvalue weighted by Gasteiger charge is 2.21. The highest BCUT2D eigenvalue weighted by molar-refractivity contribution is 7.46. The summed E-state index contributed by atoms with van der Waals surface area (Å²) in [4.78, 5) is 30.5. The number of carbonyl (C=O) groups is 1. The van der Waals surface area contributed by atoms with Gasteiger partial charge in [0.1, 0.15) is 6.10 Å². The SMILES string of the molecule is CCCCCCC/C=C\CCCCCCCC(=O)O[C@H](COCCCCCCCCCCCCCCCC)COP(=O)(O)O. The van der Waals surface area contributed by atoms with Crippen LogP contribution in [0.2, 0.25) is 0 Å². The third-order valence-corrected chi connectivity index (χ3v) is 8.55. The van der Waals surface area contributed by atoms with E-state index in [9.17, 15) is 9.36 Å². The number of phosphoric ester groups is 1. The van der Waals surface area contributed by atoms with E-state index in [1.54, 1.807) is 0 Å². The summed E-state index contributed by atoms with van der Waals surface area (Å²) in [6.07, 6.45) is 36.2. The van der Waals surface area contributed by atoms with E-state index in [1.165, 1.54) is 122 Å². The van der Waals surface area contributed by atoms with Crippen LogP contribution in [0.15, 0.2) is 12.2 Å². The zero-order valence-electron chi connectivity index (χ0n) is 28.8. The van der Waals surface area contributed by atoms with Gasteiger partial charge in [-0.05, 0) is 38.5 Å². The summed E-state index contributed by atoms with van der Waals surface area (Å²) < 4.78 is 26.9. The number of esters is 1. The largest absolute Gasteiger partial charge is 0.469 e. The fourth-order valence-corrected chi connectivity index (χ4v) is 5.68. The zero-order chi connectivity index (χ0) is 32.4. The van der Waals surface area contributed by atoms with Crippen molar-refractivity contribution in [3.05, 3.63) is 12.2 Å². The topological polar surface area (TPSA) is 102 Å². The van der Waals surface area contributed by atoms with Crippen LogP contribution in [-0.2, 0) is 23.4 Å². The molecule has 44 heavy (non-hydrogen) atoms. The summed E-state index contributed by atoms with van der Waals surface area (Å²) in [5.74, 6) is -0.369. The molecule has 0 aliphatic carbocycles. The minimum Gasteiger partial charge on any atom is -0.457 e. The molecule has 1 atom stereocenters. The standard InChI is InChI=1S/C36H71O7P/c1-3-5-7-9-11-13-15-17-19-21-23-25-27-29-31-36(37)43-35(34-42-44(38,39)40)33-41-32-30-28-26-24-22-20-18-16-14-12-10-8-6-4-2/h15,17,35H,3-14,16,18-34H2,1-2H3,(H2,38,39,40)/b17-15-/t35-/m1/s1. The smallest absolute Gasteiger partial charge is 0.457 e. The molecule has 0 fully saturated rings. The summed E-state index contributed by atoms with van der Waals surface area (Å²) in [5, 5.41) is 0. The molecule has 8 heteroatoms. The molecule has 0 spiro atoms. The van der Waals surface area contributed by atoms with Crippen LogP contribution in [-0.4, -0.2) is 41.7 Å².